The summed E-state index contributed by atoms with van der Waals surface area (Å²) in [5.74, 6) is 1.47. The van der Waals surface area contributed by atoms with Crippen molar-refractivity contribution in [3.05, 3.63) is 52.0 Å². The minimum atomic E-state index is -0.222. The van der Waals surface area contributed by atoms with Crippen LogP contribution in [0.3, 0.4) is 0 Å². The number of halogens is 1. The van der Waals surface area contributed by atoms with E-state index in [2.05, 4.69) is 26.1 Å². The third-order valence-electron chi connectivity index (χ3n) is 4.79. The Morgan fingerprint density at radius 3 is 2.35 bits per heavy atom. The van der Waals surface area contributed by atoms with Crippen molar-refractivity contribution in [2.45, 2.75) is 25.9 Å². The van der Waals surface area contributed by atoms with Crippen molar-refractivity contribution in [2.75, 3.05) is 26.1 Å². The van der Waals surface area contributed by atoms with E-state index in [4.69, 9.17) is 9.47 Å². The van der Waals surface area contributed by atoms with E-state index in [0.29, 0.717) is 6.54 Å². The third kappa shape index (κ3) is 4.02. The van der Waals surface area contributed by atoms with Crippen LogP contribution in [0.5, 0.6) is 11.5 Å². The molecule has 1 aliphatic heterocycles. The molecule has 0 spiro atoms. The number of fused-ring (bicyclic) bond motifs is 1. The molecule has 26 heavy (non-hydrogen) atoms. The lowest BCUT2D eigenvalue weighted by Gasteiger charge is -2.33. The highest BCUT2D eigenvalue weighted by Crippen LogP contribution is 2.33. The zero-order valence-corrected chi connectivity index (χ0v) is 16.8. The van der Waals surface area contributed by atoms with Gasteiger partial charge in [-0.05, 0) is 60.9 Å². The number of hydrogen-bond acceptors (Lipinski definition) is 4. The topological polar surface area (TPSA) is 50.8 Å². The Labute approximate surface area is 162 Å². The lowest BCUT2D eigenvalue weighted by molar-refractivity contribution is -0.121. The molecule has 0 aliphatic carbocycles. The van der Waals surface area contributed by atoms with E-state index in [1.807, 2.05) is 43.3 Å². The van der Waals surface area contributed by atoms with Crippen LogP contribution in [0.1, 0.15) is 18.1 Å². The molecule has 1 atom stereocenters. The molecule has 6 heteroatoms. The quantitative estimate of drug-likeness (QED) is 0.800. The van der Waals surface area contributed by atoms with Crippen molar-refractivity contribution in [1.82, 2.24) is 4.90 Å². The van der Waals surface area contributed by atoms with E-state index in [1.165, 1.54) is 11.1 Å². The highest BCUT2D eigenvalue weighted by atomic mass is 79.9. The van der Waals surface area contributed by atoms with Gasteiger partial charge in [0.25, 0.3) is 0 Å². The number of rotatable bonds is 5. The highest BCUT2D eigenvalue weighted by Gasteiger charge is 2.26. The van der Waals surface area contributed by atoms with Crippen molar-refractivity contribution >= 4 is 27.5 Å². The lowest BCUT2D eigenvalue weighted by Crippen LogP contribution is -2.44. The van der Waals surface area contributed by atoms with Gasteiger partial charge in [-0.25, -0.2) is 0 Å². The molecule has 2 aromatic rings. The van der Waals surface area contributed by atoms with Crippen LogP contribution in [0.25, 0.3) is 0 Å². The lowest BCUT2D eigenvalue weighted by atomic mass is 9.97. The number of methoxy groups -OCH3 is 2. The second kappa shape index (κ2) is 8.10. The predicted molar refractivity (Wildman–Crippen MR) is 106 cm³/mol. The zero-order chi connectivity index (χ0) is 18.7. The van der Waals surface area contributed by atoms with Gasteiger partial charge >= 0.3 is 0 Å². The van der Waals surface area contributed by atoms with Crippen molar-refractivity contribution in [3.63, 3.8) is 0 Å². The number of benzene rings is 2. The Hall–Kier alpha value is -2.05. The van der Waals surface area contributed by atoms with Gasteiger partial charge in [0, 0.05) is 23.2 Å². The number of anilines is 1. The minimum Gasteiger partial charge on any atom is -0.493 e. The number of amides is 1. The van der Waals surface area contributed by atoms with Crippen LogP contribution in [-0.4, -0.2) is 37.6 Å². The first kappa shape index (κ1) is 18.7. The molecule has 138 valence electrons. The largest absolute Gasteiger partial charge is 0.493 e. The molecule has 2 aromatic carbocycles. The molecule has 1 aliphatic rings. The van der Waals surface area contributed by atoms with Gasteiger partial charge in [-0.15, -0.1) is 0 Å². The molecule has 1 N–H and O–H groups in total. The first-order valence-electron chi connectivity index (χ1n) is 8.56. The summed E-state index contributed by atoms with van der Waals surface area (Å²) < 4.78 is 11.8. The Morgan fingerprint density at radius 2 is 1.73 bits per heavy atom. The second-order valence-corrected chi connectivity index (χ2v) is 7.28. The zero-order valence-electron chi connectivity index (χ0n) is 15.2. The van der Waals surface area contributed by atoms with Crippen molar-refractivity contribution in [3.8, 4) is 11.5 Å². The summed E-state index contributed by atoms with van der Waals surface area (Å²) in [4.78, 5) is 14.8. The van der Waals surface area contributed by atoms with Crippen LogP contribution in [0.15, 0.2) is 40.9 Å². The fraction of sp³-hybridized carbons (Fsp3) is 0.350. The Balaban J connectivity index is 1.71. The number of nitrogens with zero attached hydrogens (tertiary/aromatic N) is 1. The Kier molecular flexibility index (Phi) is 5.84. The van der Waals surface area contributed by atoms with E-state index in [1.54, 1.807) is 14.2 Å². The summed E-state index contributed by atoms with van der Waals surface area (Å²) in [7, 11) is 3.28. The molecular weight excluding hydrogens is 396 g/mol. The summed E-state index contributed by atoms with van der Waals surface area (Å²) in [6, 6.07) is 11.4. The van der Waals surface area contributed by atoms with Gasteiger partial charge in [-0.3, -0.25) is 9.69 Å². The Morgan fingerprint density at radius 1 is 1.12 bits per heavy atom. The van der Waals surface area contributed by atoms with E-state index >= 15 is 0 Å². The predicted octanol–water partition coefficient (Wildman–Crippen LogP) is 3.85. The third-order valence-corrected chi connectivity index (χ3v) is 5.32. The molecule has 0 radical (unpaired) electrons. The molecule has 0 aromatic heterocycles. The number of carbonyl (C=O) groups is 1. The van der Waals surface area contributed by atoms with Gasteiger partial charge in [0.1, 0.15) is 0 Å². The number of nitrogens with one attached hydrogen (secondary N) is 1. The smallest absolute Gasteiger partial charge is 0.241 e. The van der Waals surface area contributed by atoms with E-state index in [0.717, 1.165) is 34.6 Å². The first-order chi connectivity index (χ1) is 12.5. The van der Waals surface area contributed by atoms with Gasteiger partial charge in [0.05, 0.1) is 20.3 Å². The standard InChI is InChI=1S/C20H23BrN2O3/c1-13(20(24)22-17-6-4-16(21)5-7-17)23-9-8-14-10-18(25-2)19(26-3)11-15(14)12-23/h4-7,10-11,13H,8-9,12H2,1-3H3,(H,22,24)/t13-/m0/s1. The highest BCUT2D eigenvalue weighted by molar-refractivity contribution is 9.10. The number of carbonyl (C=O) groups excluding carboxylic acids is 1. The Bertz CT molecular complexity index is 792. The fourth-order valence-corrected chi connectivity index (χ4v) is 3.45. The summed E-state index contributed by atoms with van der Waals surface area (Å²) in [5, 5.41) is 2.98. The van der Waals surface area contributed by atoms with Gasteiger partial charge in [0.15, 0.2) is 11.5 Å². The second-order valence-electron chi connectivity index (χ2n) is 6.37. The molecule has 0 unspecified atom stereocenters. The van der Waals surface area contributed by atoms with Crippen LogP contribution in [0.4, 0.5) is 5.69 Å². The first-order valence-corrected chi connectivity index (χ1v) is 9.35. The summed E-state index contributed by atoms with van der Waals surface area (Å²) in [6.07, 6.45) is 0.881. The molecular formula is C20H23BrN2O3. The average Bonchev–Trinajstić information content (AvgIpc) is 2.67. The maximum absolute atomic E-state index is 12.6. The van der Waals surface area contributed by atoms with Gasteiger partial charge in [-0.2, -0.15) is 0 Å². The van der Waals surface area contributed by atoms with E-state index in [9.17, 15) is 4.79 Å². The molecule has 1 heterocycles. The van der Waals surface area contributed by atoms with Crippen LogP contribution in [-0.2, 0) is 17.8 Å². The van der Waals surface area contributed by atoms with E-state index in [-0.39, 0.29) is 11.9 Å². The number of ether oxygens (including phenoxy) is 2. The molecule has 0 fully saturated rings. The van der Waals surface area contributed by atoms with Crippen LogP contribution in [0, 0.1) is 0 Å². The normalized spacial score (nSPS) is 15.1. The van der Waals surface area contributed by atoms with Crippen molar-refractivity contribution < 1.29 is 14.3 Å². The molecule has 0 saturated carbocycles. The van der Waals surface area contributed by atoms with Crippen molar-refractivity contribution in [2.24, 2.45) is 0 Å². The van der Waals surface area contributed by atoms with Gasteiger partial charge in [-0.1, -0.05) is 15.9 Å². The van der Waals surface area contributed by atoms with Crippen LogP contribution in [0.2, 0.25) is 0 Å². The number of hydrogen-bond donors (Lipinski definition) is 1. The van der Waals surface area contributed by atoms with E-state index < -0.39 is 0 Å². The van der Waals surface area contributed by atoms with Gasteiger partial charge in [0.2, 0.25) is 5.91 Å². The summed E-state index contributed by atoms with van der Waals surface area (Å²) in [5.41, 5.74) is 3.23. The molecule has 0 saturated heterocycles. The maximum Gasteiger partial charge on any atom is 0.241 e. The molecule has 0 bridgehead atoms. The average molecular weight is 419 g/mol. The van der Waals surface area contributed by atoms with Crippen molar-refractivity contribution in [1.29, 1.82) is 0 Å². The molecule has 1 amide bonds. The summed E-state index contributed by atoms with van der Waals surface area (Å²) in [6.45, 7) is 3.49. The monoisotopic (exact) mass is 418 g/mol. The molecule has 3 rings (SSSR count). The maximum atomic E-state index is 12.6. The minimum absolute atomic E-state index is 0.00347. The SMILES string of the molecule is COc1cc2c(cc1OC)CN([C@@H](C)C(=O)Nc1ccc(Br)cc1)CC2. The summed E-state index contributed by atoms with van der Waals surface area (Å²) >= 11 is 3.40. The van der Waals surface area contributed by atoms with Gasteiger partial charge < -0.3 is 14.8 Å². The van der Waals surface area contributed by atoms with Crippen LogP contribution < -0.4 is 14.8 Å². The van der Waals surface area contributed by atoms with Crippen LogP contribution >= 0.6 is 15.9 Å². The fourth-order valence-electron chi connectivity index (χ4n) is 3.18. The molecule has 5 nitrogen and oxygen atoms in total.